The molecule has 0 saturated heterocycles. The van der Waals surface area contributed by atoms with Crippen molar-refractivity contribution < 1.29 is 0 Å². The molecule has 0 fully saturated rings. The Hall–Kier alpha value is -5.26. The molecular weight excluding hydrogens is 654 g/mol. The topological polar surface area (TPSA) is 6.48 Å². The molecule has 0 bridgehead atoms. The molecule has 0 aromatic heterocycles. The van der Waals surface area contributed by atoms with Gasteiger partial charge in [-0.2, -0.15) is 0 Å². The summed E-state index contributed by atoms with van der Waals surface area (Å²) in [6.45, 7) is 2.56. The Labute approximate surface area is 302 Å². The SMILES string of the molecule is CN1c2ccccc2P(c2ccccc2)c2ccc3ccccc3c2N(C)c2c(ccc3ccccc23)[PH](C)(c2ccccc2)c2ccccc21. The van der Waals surface area contributed by atoms with Gasteiger partial charge in [-0.05, 0) is 0 Å². The molecule has 1 aliphatic heterocycles. The van der Waals surface area contributed by atoms with Crippen molar-refractivity contribution >= 4 is 91.3 Å². The van der Waals surface area contributed by atoms with Crippen LogP contribution in [0.4, 0.5) is 22.7 Å². The van der Waals surface area contributed by atoms with E-state index in [2.05, 4.69) is 213 Å². The molecule has 248 valence electrons. The standard InChI is InChI=1S/C47H40N2P2/c1-48-40-26-14-16-28-42(40)50(36-20-6-4-7-21-36)43-32-30-34-18-10-12-24-38(34)46(43)49(2)47-39-25-13-11-19-35(39)31-33-45(47)51(3,37-22-8-5-9-23-37)44-29-17-15-27-41(44)48/h4-33,51H,1-3H3. The van der Waals surface area contributed by atoms with Gasteiger partial charge in [0.1, 0.15) is 0 Å². The zero-order chi connectivity index (χ0) is 34.5. The van der Waals surface area contributed by atoms with E-state index >= 15 is 0 Å². The van der Waals surface area contributed by atoms with Crippen molar-refractivity contribution in [1.29, 1.82) is 0 Å². The summed E-state index contributed by atoms with van der Waals surface area (Å²) in [5.74, 6) is 0. The van der Waals surface area contributed by atoms with Gasteiger partial charge >= 0.3 is 304 Å². The Kier molecular flexibility index (Phi) is 7.96. The van der Waals surface area contributed by atoms with E-state index in [1.165, 1.54) is 76.1 Å². The van der Waals surface area contributed by atoms with Crippen molar-refractivity contribution in [3.8, 4) is 0 Å². The third-order valence-corrected chi connectivity index (χ3v) is 17.9. The first kappa shape index (κ1) is 31.7. The molecular formula is C47H40N2P2. The van der Waals surface area contributed by atoms with Crippen LogP contribution >= 0.6 is 15.2 Å². The van der Waals surface area contributed by atoms with E-state index in [1.807, 2.05) is 0 Å². The molecule has 1 aliphatic rings. The van der Waals surface area contributed by atoms with Crippen molar-refractivity contribution in [1.82, 2.24) is 0 Å². The summed E-state index contributed by atoms with van der Waals surface area (Å²) < 4.78 is 0. The normalized spacial score (nSPS) is 15.9. The van der Waals surface area contributed by atoms with Gasteiger partial charge in [0.25, 0.3) is 0 Å². The van der Waals surface area contributed by atoms with Crippen LogP contribution in [0, 0.1) is 0 Å². The van der Waals surface area contributed by atoms with Gasteiger partial charge in [0.15, 0.2) is 0 Å². The predicted molar refractivity (Wildman–Crippen MR) is 229 cm³/mol. The zero-order valence-corrected chi connectivity index (χ0v) is 31.1. The van der Waals surface area contributed by atoms with Crippen LogP contribution in [0.3, 0.4) is 0 Å². The van der Waals surface area contributed by atoms with Gasteiger partial charge in [0, 0.05) is 0 Å². The number of hydrogen-bond acceptors (Lipinski definition) is 2. The molecule has 0 aliphatic carbocycles. The summed E-state index contributed by atoms with van der Waals surface area (Å²) in [4.78, 5) is 5.04. The minimum atomic E-state index is -2.70. The maximum atomic E-state index is 2.57. The van der Waals surface area contributed by atoms with E-state index in [9.17, 15) is 0 Å². The van der Waals surface area contributed by atoms with Gasteiger partial charge in [-0.25, -0.2) is 0 Å². The van der Waals surface area contributed by atoms with Crippen LogP contribution in [0.2, 0.25) is 0 Å². The maximum absolute atomic E-state index is 2.70. The van der Waals surface area contributed by atoms with E-state index in [-0.39, 0.29) is 0 Å². The molecule has 4 heteroatoms. The number of rotatable bonds is 2. The Balaban J connectivity index is 1.51. The molecule has 51 heavy (non-hydrogen) atoms. The number of anilines is 4. The average Bonchev–Trinajstić information content (AvgIpc) is 3.20. The molecule has 8 aromatic carbocycles. The van der Waals surface area contributed by atoms with Crippen molar-refractivity contribution in [2.45, 2.75) is 0 Å². The first-order valence-corrected chi connectivity index (χ1v) is 21.5. The Morgan fingerprint density at radius 3 is 1.69 bits per heavy atom. The van der Waals surface area contributed by atoms with Crippen molar-refractivity contribution in [3.05, 3.63) is 182 Å². The summed E-state index contributed by atoms with van der Waals surface area (Å²) in [6.07, 6.45) is 0. The third kappa shape index (κ3) is 5.09. The molecule has 1 unspecified atom stereocenters. The average molecular weight is 695 g/mol. The van der Waals surface area contributed by atoms with E-state index in [0.29, 0.717) is 0 Å². The third-order valence-electron chi connectivity index (χ3n) is 10.9. The second kappa shape index (κ2) is 12.8. The number of benzene rings is 8. The van der Waals surface area contributed by atoms with E-state index in [1.54, 1.807) is 0 Å². The summed E-state index contributed by atoms with van der Waals surface area (Å²) in [5.41, 5.74) is 5.06. The summed E-state index contributed by atoms with van der Waals surface area (Å²) in [7, 11) is 0.919. The molecule has 0 radical (unpaired) electrons. The molecule has 0 amide bonds. The van der Waals surface area contributed by atoms with Crippen molar-refractivity contribution in [2.24, 2.45) is 0 Å². The monoisotopic (exact) mass is 694 g/mol. The predicted octanol–water partition coefficient (Wildman–Crippen LogP) is 9.26. The summed E-state index contributed by atoms with van der Waals surface area (Å²) >= 11 is 0. The van der Waals surface area contributed by atoms with Crippen LogP contribution in [0.1, 0.15) is 0 Å². The number of nitrogens with zero attached hydrogens (tertiary/aromatic N) is 2. The fourth-order valence-electron chi connectivity index (χ4n) is 8.38. The molecule has 0 saturated carbocycles. The van der Waals surface area contributed by atoms with Gasteiger partial charge in [0.2, 0.25) is 0 Å². The molecule has 8 aromatic rings. The summed E-state index contributed by atoms with van der Waals surface area (Å²) in [6, 6.07) is 68.2. The first-order chi connectivity index (χ1) is 25.1. The van der Waals surface area contributed by atoms with Crippen LogP contribution in [0.25, 0.3) is 21.5 Å². The van der Waals surface area contributed by atoms with E-state index < -0.39 is 15.2 Å². The number of hydrogen-bond donors (Lipinski definition) is 0. The fraction of sp³-hybridized carbons (Fsp3) is 0.0638. The summed E-state index contributed by atoms with van der Waals surface area (Å²) in [5, 5.41) is 13.3. The molecule has 0 N–H and O–H groups in total. The van der Waals surface area contributed by atoms with Crippen LogP contribution in [0.5, 0.6) is 0 Å². The Morgan fingerprint density at radius 2 is 0.961 bits per heavy atom. The van der Waals surface area contributed by atoms with Crippen LogP contribution < -0.4 is 41.6 Å². The molecule has 0 spiro atoms. The van der Waals surface area contributed by atoms with Gasteiger partial charge in [0.05, 0.1) is 0 Å². The van der Waals surface area contributed by atoms with Crippen LogP contribution in [-0.4, -0.2) is 20.8 Å². The molecule has 9 rings (SSSR count). The number of para-hydroxylation sites is 2. The van der Waals surface area contributed by atoms with Crippen molar-refractivity contribution in [2.75, 3.05) is 30.6 Å². The quantitative estimate of drug-likeness (QED) is 0.167. The fourth-order valence-corrected chi connectivity index (χ4v) is 15.2. The van der Waals surface area contributed by atoms with Gasteiger partial charge < -0.3 is 0 Å². The van der Waals surface area contributed by atoms with Gasteiger partial charge in [-0.3, -0.25) is 0 Å². The van der Waals surface area contributed by atoms with Gasteiger partial charge in [-0.15, -0.1) is 0 Å². The van der Waals surface area contributed by atoms with E-state index in [4.69, 9.17) is 0 Å². The number of fused-ring (bicyclic) bond motifs is 8. The Bertz CT molecular complexity index is 2550. The molecule has 2 nitrogen and oxygen atoms in total. The molecule has 1 atom stereocenters. The second-order valence-corrected chi connectivity index (χ2v) is 19.7. The van der Waals surface area contributed by atoms with Crippen LogP contribution in [-0.2, 0) is 0 Å². The van der Waals surface area contributed by atoms with E-state index in [0.717, 1.165) is 0 Å². The zero-order valence-electron chi connectivity index (χ0n) is 29.2. The minimum absolute atomic E-state index is 0.979. The second-order valence-electron chi connectivity index (χ2n) is 13.6. The van der Waals surface area contributed by atoms with Crippen molar-refractivity contribution in [3.63, 3.8) is 0 Å². The first-order valence-electron chi connectivity index (χ1n) is 17.7. The molecule has 1 heterocycles. The van der Waals surface area contributed by atoms with Gasteiger partial charge in [-0.1, -0.05) is 0 Å². The van der Waals surface area contributed by atoms with Crippen LogP contribution in [0.15, 0.2) is 182 Å². The Morgan fingerprint density at radius 1 is 0.412 bits per heavy atom.